The van der Waals surface area contributed by atoms with E-state index in [2.05, 4.69) is 39.5 Å². The van der Waals surface area contributed by atoms with E-state index < -0.39 is 43.5 Å². The number of sulfonamides is 2. The molecule has 4 aromatic heterocycles. The lowest BCUT2D eigenvalue weighted by Crippen LogP contribution is -2.61. The number of hydrogen-bond donors (Lipinski definition) is 4. The number of anilines is 2. The van der Waals surface area contributed by atoms with Crippen LogP contribution in [0, 0.1) is 0 Å². The third kappa shape index (κ3) is 10.2. The second-order valence-corrected chi connectivity index (χ2v) is 25.7. The smallest absolute Gasteiger partial charge is 0.252 e. The highest BCUT2D eigenvalue weighted by atomic mass is 32.3. The molecule has 0 aromatic carbocycles. The molecule has 0 spiro atoms. The summed E-state index contributed by atoms with van der Waals surface area (Å²) in [5.74, 6) is 1.01. The molecular weight excluding hydrogens is 957 g/mol. The van der Waals surface area contributed by atoms with Crippen LogP contribution in [0.1, 0.15) is 51.7 Å². The van der Waals surface area contributed by atoms with Crippen molar-refractivity contribution < 1.29 is 46.7 Å². The second kappa shape index (κ2) is 19.7. The van der Waals surface area contributed by atoms with Crippen molar-refractivity contribution in [1.82, 2.24) is 38.3 Å². The number of aromatic nitrogens is 4. The van der Waals surface area contributed by atoms with Gasteiger partial charge in [-0.1, -0.05) is 12.1 Å². The average molecular weight is 1020 g/mol. The molecule has 0 saturated carbocycles. The summed E-state index contributed by atoms with van der Waals surface area (Å²) < 4.78 is 68.1. The van der Waals surface area contributed by atoms with E-state index in [0.29, 0.717) is 123 Å². The third-order valence-electron chi connectivity index (χ3n) is 14.0. The van der Waals surface area contributed by atoms with Crippen LogP contribution < -0.4 is 9.80 Å². The van der Waals surface area contributed by atoms with Crippen molar-refractivity contribution in [1.29, 1.82) is 0 Å². The molecule has 4 aromatic rings. The van der Waals surface area contributed by atoms with E-state index in [4.69, 9.17) is 9.47 Å². The van der Waals surface area contributed by atoms with Crippen LogP contribution >= 0.6 is 22.7 Å². The first kappa shape index (κ1) is 49.6. The van der Waals surface area contributed by atoms with Crippen molar-refractivity contribution in [3.63, 3.8) is 0 Å². The molecule has 10 rings (SSSR count). The van der Waals surface area contributed by atoms with Gasteiger partial charge in [0.1, 0.15) is 8.42 Å². The fourth-order valence-corrected chi connectivity index (χ4v) is 15.4. The minimum Gasteiger partial charge on any atom is -0.391 e. The van der Waals surface area contributed by atoms with Crippen molar-refractivity contribution in [2.45, 2.75) is 109 Å². The molecule has 4 bridgehead atoms. The maximum absolute atomic E-state index is 13.3. The van der Waals surface area contributed by atoms with Crippen LogP contribution in [-0.4, -0.2) is 203 Å². The van der Waals surface area contributed by atoms with Crippen molar-refractivity contribution >= 4 is 54.6 Å². The lowest BCUT2D eigenvalue weighted by Gasteiger charge is -2.45. The van der Waals surface area contributed by atoms with E-state index in [1.807, 2.05) is 0 Å². The molecule has 10 heterocycles. The average Bonchev–Trinajstić information content (AvgIpc) is 4.11. The van der Waals surface area contributed by atoms with Crippen LogP contribution in [0.15, 0.2) is 68.2 Å². The number of rotatable bonds is 12. The Morgan fingerprint density at radius 3 is 1.32 bits per heavy atom. The minimum absolute atomic E-state index is 0.0941. The van der Waals surface area contributed by atoms with Gasteiger partial charge in [0.05, 0.1) is 74.0 Å². The Labute approximate surface area is 405 Å². The standard InChI is InChI=1S/2C22H31N5O5S2/c2*1-22(2,29)15-9-23-21(24-10-15)26-6-5-25(34(30,31)20-4-3-7-33-20)11-17(26)12-27-16-8-19(28)18(27)14-32-13-16/h2*3-4,7,9-10,16-19,28-29H,5-6,8,11-14H2,1-2H3/t16-,17+,18-,19-;16-,17-,18-,19-/m01/s1. The Morgan fingerprint density at radius 2 is 1.00 bits per heavy atom. The van der Waals surface area contributed by atoms with E-state index >= 15 is 0 Å². The minimum atomic E-state index is -3.59. The highest BCUT2D eigenvalue weighted by Gasteiger charge is 2.48. The van der Waals surface area contributed by atoms with Gasteiger partial charge in [-0.25, -0.2) is 36.8 Å². The van der Waals surface area contributed by atoms with Gasteiger partial charge in [0.15, 0.2) is 0 Å². The number of aliphatic hydroxyl groups is 4. The maximum Gasteiger partial charge on any atom is 0.252 e. The summed E-state index contributed by atoms with van der Waals surface area (Å²) in [5.41, 5.74) is -0.870. The number of nitrogens with zero attached hydrogens (tertiary/aromatic N) is 10. The highest BCUT2D eigenvalue weighted by molar-refractivity contribution is 7.91. The van der Waals surface area contributed by atoms with E-state index in [-0.39, 0.29) is 36.3 Å². The zero-order valence-corrected chi connectivity index (χ0v) is 41.9. The predicted octanol–water partition coefficient (Wildman–Crippen LogP) is 0.958. The lowest BCUT2D eigenvalue weighted by molar-refractivity contribution is -0.0346. The lowest BCUT2D eigenvalue weighted by atomic mass is 10.0. The van der Waals surface area contributed by atoms with Gasteiger partial charge in [-0.3, -0.25) is 9.80 Å². The zero-order chi connectivity index (χ0) is 48.2. The van der Waals surface area contributed by atoms with Gasteiger partial charge in [-0.15, -0.1) is 22.7 Å². The normalized spacial score (nSPS) is 29.0. The summed E-state index contributed by atoms with van der Waals surface area (Å²) in [6.45, 7) is 12.1. The summed E-state index contributed by atoms with van der Waals surface area (Å²) in [4.78, 5) is 26.7. The quantitative estimate of drug-likeness (QED) is 0.155. The molecule has 8 atom stereocenters. The number of piperazine rings is 2. The molecule has 0 unspecified atom stereocenters. The summed E-state index contributed by atoms with van der Waals surface area (Å²) >= 11 is 2.44. The fourth-order valence-electron chi connectivity index (χ4n) is 10.1. The first-order valence-electron chi connectivity index (χ1n) is 23.0. The van der Waals surface area contributed by atoms with Crippen LogP contribution in [-0.2, 0) is 40.7 Å². The molecule has 68 heavy (non-hydrogen) atoms. The molecule has 6 fully saturated rings. The van der Waals surface area contributed by atoms with Gasteiger partial charge in [-0.05, 0) is 63.4 Å². The van der Waals surface area contributed by atoms with Crippen molar-refractivity contribution in [2.24, 2.45) is 0 Å². The Hall–Kier alpha value is -3.34. The van der Waals surface area contributed by atoms with Crippen LogP contribution in [0.25, 0.3) is 0 Å². The summed E-state index contributed by atoms with van der Waals surface area (Å²) in [5, 5.41) is 45.1. The van der Waals surface area contributed by atoms with Crippen molar-refractivity contribution in [3.05, 3.63) is 70.9 Å². The zero-order valence-electron chi connectivity index (χ0n) is 38.6. The SMILES string of the molecule is CC(C)(O)c1cnc(N2CCN(S(=O)(=O)c3cccs3)C[C@@H]2CN2[C@@H]3COC[C@H]2[C@@H](O)C3)nc1.CC(C)(O)c1cnc(N2CCN(S(=O)(=O)c3cccs3)C[C@@H]2CN2[C@H]3COC[C@@H]2[C@H](O)C3)nc1. The van der Waals surface area contributed by atoms with Crippen molar-refractivity contribution in [2.75, 3.05) is 88.6 Å². The Balaban J connectivity index is 0.000000170. The molecule has 0 aliphatic carbocycles. The molecule has 20 nitrogen and oxygen atoms in total. The predicted molar refractivity (Wildman–Crippen MR) is 254 cm³/mol. The van der Waals surface area contributed by atoms with Crippen LogP contribution in [0.4, 0.5) is 11.9 Å². The van der Waals surface area contributed by atoms with Crippen LogP contribution in [0.5, 0.6) is 0 Å². The van der Waals surface area contributed by atoms with E-state index in [0.717, 1.165) is 0 Å². The first-order valence-corrected chi connectivity index (χ1v) is 27.7. The van der Waals surface area contributed by atoms with Gasteiger partial charge < -0.3 is 39.7 Å². The molecule has 372 valence electrons. The number of ether oxygens (including phenoxy) is 2. The van der Waals surface area contributed by atoms with E-state index in [1.165, 1.54) is 22.7 Å². The number of fused-ring (bicyclic) bond motifs is 4. The number of thiophene rings is 2. The molecule has 0 amide bonds. The monoisotopic (exact) mass is 1020 g/mol. The topological polar surface area (TPSA) is 239 Å². The van der Waals surface area contributed by atoms with Crippen LogP contribution in [0.2, 0.25) is 0 Å². The number of aliphatic hydroxyl groups excluding tert-OH is 2. The van der Waals surface area contributed by atoms with Gasteiger partial charge >= 0.3 is 0 Å². The number of morpholine rings is 2. The number of hydrogen-bond acceptors (Lipinski definition) is 20. The largest absolute Gasteiger partial charge is 0.391 e. The molecule has 4 N–H and O–H groups in total. The van der Waals surface area contributed by atoms with Crippen molar-refractivity contribution in [3.8, 4) is 0 Å². The molecule has 0 radical (unpaired) electrons. The van der Waals surface area contributed by atoms with Gasteiger partial charge in [-0.2, -0.15) is 8.61 Å². The van der Waals surface area contributed by atoms with Gasteiger partial charge in [0, 0.05) is 100 Å². The molecule has 6 aliphatic rings. The highest BCUT2D eigenvalue weighted by Crippen LogP contribution is 2.35. The molecule has 6 aliphatic heterocycles. The van der Waals surface area contributed by atoms with E-state index in [1.54, 1.807) is 96.1 Å². The molecule has 6 saturated heterocycles. The molecule has 24 heteroatoms. The van der Waals surface area contributed by atoms with Gasteiger partial charge in [0.2, 0.25) is 11.9 Å². The summed E-state index contributed by atoms with van der Waals surface area (Å²) in [6.07, 6.45) is 6.91. The van der Waals surface area contributed by atoms with Crippen LogP contribution in [0.3, 0.4) is 0 Å². The van der Waals surface area contributed by atoms with E-state index in [9.17, 15) is 37.3 Å². The Kier molecular flexibility index (Phi) is 14.4. The maximum atomic E-state index is 13.3. The molecular formula is C44H62N10O10S4. The van der Waals surface area contributed by atoms with Gasteiger partial charge in [0.25, 0.3) is 20.0 Å². The Bertz CT molecular complexity index is 2360. The summed E-state index contributed by atoms with van der Waals surface area (Å²) in [7, 11) is -7.18. The fraction of sp³-hybridized carbons (Fsp3) is 0.636. The second-order valence-electron chi connectivity index (χ2n) is 19.5. The summed E-state index contributed by atoms with van der Waals surface area (Å²) in [6, 6.07) is 6.39. The Morgan fingerprint density at radius 1 is 0.618 bits per heavy atom. The third-order valence-corrected chi connectivity index (χ3v) is 20.5. The first-order chi connectivity index (χ1) is 32.3.